The quantitative estimate of drug-likeness (QED) is 0.670. The van der Waals surface area contributed by atoms with Gasteiger partial charge >= 0.3 is 6.03 Å². The van der Waals surface area contributed by atoms with E-state index in [-0.39, 0.29) is 11.7 Å². The van der Waals surface area contributed by atoms with E-state index in [9.17, 15) is 14.9 Å². The van der Waals surface area contributed by atoms with Crippen LogP contribution >= 0.6 is 0 Å². The van der Waals surface area contributed by atoms with Crippen molar-refractivity contribution in [1.82, 2.24) is 4.90 Å². The van der Waals surface area contributed by atoms with Gasteiger partial charge in [-0.25, -0.2) is 4.79 Å². The Morgan fingerprint density at radius 3 is 2.48 bits per heavy atom. The number of amides is 2. The monoisotopic (exact) mass is 313 g/mol. The van der Waals surface area contributed by atoms with E-state index >= 15 is 0 Å². The van der Waals surface area contributed by atoms with Gasteiger partial charge in [0, 0.05) is 30.9 Å². The number of aryl methyl sites for hydroxylation is 1. The summed E-state index contributed by atoms with van der Waals surface area (Å²) in [5.74, 6) is 0. The third-order valence-electron chi connectivity index (χ3n) is 3.55. The lowest BCUT2D eigenvalue weighted by atomic mass is 10.2. The smallest absolute Gasteiger partial charge is 0.320 e. The number of carbonyl (C=O) groups excluding carboxylic acids is 1. The molecule has 23 heavy (non-hydrogen) atoms. The van der Waals surface area contributed by atoms with Crippen molar-refractivity contribution in [2.24, 2.45) is 0 Å². The predicted molar refractivity (Wildman–Crippen MR) is 89.4 cm³/mol. The lowest BCUT2D eigenvalue weighted by molar-refractivity contribution is -0.384. The van der Waals surface area contributed by atoms with Gasteiger partial charge in [0.25, 0.3) is 5.69 Å². The van der Waals surface area contributed by atoms with Crippen molar-refractivity contribution in [3.8, 4) is 0 Å². The molecular weight excluding hydrogens is 294 g/mol. The number of anilines is 1. The maximum Gasteiger partial charge on any atom is 0.322 e. The van der Waals surface area contributed by atoms with Crippen LogP contribution in [-0.4, -0.2) is 22.4 Å². The van der Waals surface area contributed by atoms with Crippen LogP contribution in [0.15, 0.2) is 48.5 Å². The Morgan fingerprint density at radius 1 is 1.22 bits per heavy atom. The first-order chi connectivity index (χ1) is 11.0. The summed E-state index contributed by atoms with van der Waals surface area (Å²) in [6, 6.07) is 13.9. The van der Waals surface area contributed by atoms with Gasteiger partial charge in [-0.15, -0.1) is 0 Å². The van der Waals surface area contributed by atoms with Crippen LogP contribution in [0.4, 0.5) is 16.2 Å². The van der Waals surface area contributed by atoms with Gasteiger partial charge in [0.2, 0.25) is 0 Å². The maximum atomic E-state index is 12.4. The zero-order valence-electron chi connectivity index (χ0n) is 13.2. The van der Waals surface area contributed by atoms with Crippen molar-refractivity contribution in [2.75, 3.05) is 11.9 Å². The van der Waals surface area contributed by atoms with Crippen molar-refractivity contribution >= 4 is 17.4 Å². The third-order valence-corrected chi connectivity index (χ3v) is 3.55. The van der Waals surface area contributed by atoms with E-state index in [0.717, 1.165) is 5.56 Å². The fourth-order valence-electron chi connectivity index (χ4n) is 2.23. The van der Waals surface area contributed by atoms with Crippen molar-refractivity contribution in [2.45, 2.75) is 20.4 Å². The normalized spacial score (nSPS) is 10.2. The molecule has 6 nitrogen and oxygen atoms in total. The fraction of sp³-hybridized carbons (Fsp3) is 0.235. The Labute approximate surface area is 134 Å². The second-order valence-electron chi connectivity index (χ2n) is 5.19. The molecule has 120 valence electrons. The van der Waals surface area contributed by atoms with Crippen molar-refractivity contribution in [3.05, 3.63) is 69.8 Å². The largest absolute Gasteiger partial charge is 0.322 e. The van der Waals surface area contributed by atoms with Crippen LogP contribution < -0.4 is 5.32 Å². The van der Waals surface area contributed by atoms with Gasteiger partial charge in [-0.05, 0) is 31.0 Å². The Hall–Kier alpha value is -2.89. The minimum absolute atomic E-state index is 0.0112. The van der Waals surface area contributed by atoms with Crippen LogP contribution in [0.2, 0.25) is 0 Å². The van der Waals surface area contributed by atoms with Crippen LogP contribution in [0.25, 0.3) is 0 Å². The molecule has 1 N–H and O–H groups in total. The van der Waals surface area contributed by atoms with Gasteiger partial charge < -0.3 is 10.2 Å². The van der Waals surface area contributed by atoms with Gasteiger partial charge in [0.15, 0.2) is 0 Å². The standard InChI is InChI=1S/C17H19N3O3/c1-3-19(12-14-7-5-4-6-8-14)17(21)18-16-10-9-15(20(22)23)11-13(16)2/h4-11H,3,12H2,1-2H3,(H,18,21). The molecule has 0 heterocycles. The minimum atomic E-state index is -0.452. The van der Waals surface area contributed by atoms with E-state index < -0.39 is 4.92 Å². The molecule has 0 unspecified atom stereocenters. The summed E-state index contributed by atoms with van der Waals surface area (Å²) in [6.07, 6.45) is 0. The number of carbonyl (C=O) groups is 1. The molecule has 0 saturated heterocycles. The number of nitro groups is 1. The molecule has 2 aromatic carbocycles. The molecule has 0 aliphatic heterocycles. The van der Waals surface area contributed by atoms with Gasteiger partial charge in [0.05, 0.1) is 4.92 Å². The predicted octanol–water partition coefficient (Wildman–Crippen LogP) is 3.96. The van der Waals surface area contributed by atoms with E-state index in [1.54, 1.807) is 17.9 Å². The molecule has 2 aromatic rings. The molecule has 6 heteroatoms. The van der Waals surface area contributed by atoms with E-state index in [2.05, 4.69) is 5.32 Å². The lowest BCUT2D eigenvalue weighted by Crippen LogP contribution is -2.34. The van der Waals surface area contributed by atoms with E-state index in [4.69, 9.17) is 0 Å². The number of benzene rings is 2. The second kappa shape index (κ2) is 7.40. The fourth-order valence-corrected chi connectivity index (χ4v) is 2.23. The van der Waals surface area contributed by atoms with E-state index in [1.807, 2.05) is 37.3 Å². The van der Waals surface area contributed by atoms with E-state index in [0.29, 0.717) is 24.3 Å². The first-order valence-corrected chi connectivity index (χ1v) is 7.36. The lowest BCUT2D eigenvalue weighted by Gasteiger charge is -2.22. The summed E-state index contributed by atoms with van der Waals surface area (Å²) in [7, 11) is 0. The molecule has 0 aliphatic rings. The van der Waals surface area contributed by atoms with Gasteiger partial charge in [-0.3, -0.25) is 10.1 Å². The SMILES string of the molecule is CCN(Cc1ccccc1)C(=O)Nc1ccc([N+](=O)[O-])cc1C. The van der Waals surface area contributed by atoms with E-state index in [1.165, 1.54) is 12.1 Å². The molecule has 0 aromatic heterocycles. The Bertz CT molecular complexity index is 701. The number of nitrogens with zero attached hydrogens (tertiary/aromatic N) is 2. The molecule has 0 aliphatic carbocycles. The maximum absolute atomic E-state index is 12.4. The molecule has 0 spiro atoms. The summed E-state index contributed by atoms with van der Waals surface area (Å²) in [4.78, 5) is 24.4. The molecule has 0 atom stereocenters. The molecule has 0 fully saturated rings. The van der Waals surface area contributed by atoms with Crippen LogP contribution in [-0.2, 0) is 6.54 Å². The molecule has 2 rings (SSSR count). The number of rotatable bonds is 5. The second-order valence-corrected chi connectivity index (χ2v) is 5.19. The average molecular weight is 313 g/mol. The van der Waals surface area contributed by atoms with Gasteiger partial charge in [-0.2, -0.15) is 0 Å². The van der Waals surface area contributed by atoms with Gasteiger partial charge in [0.1, 0.15) is 0 Å². The summed E-state index contributed by atoms with van der Waals surface area (Å²) in [6.45, 7) is 4.71. The van der Waals surface area contributed by atoms with Gasteiger partial charge in [-0.1, -0.05) is 30.3 Å². The van der Waals surface area contributed by atoms with Crippen molar-refractivity contribution < 1.29 is 9.72 Å². The molecule has 0 bridgehead atoms. The highest BCUT2D eigenvalue weighted by molar-refractivity contribution is 5.90. The number of hydrogen-bond acceptors (Lipinski definition) is 3. The minimum Gasteiger partial charge on any atom is -0.320 e. The highest BCUT2D eigenvalue weighted by Crippen LogP contribution is 2.21. The Kier molecular flexibility index (Phi) is 5.30. The van der Waals surface area contributed by atoms with Crippen molar-refractivity contribution in [1.29, 1.82) is 0 Å². The number of urea groups is 1. The van der Waals surface area contributed by atoms with Crippen LogP contribution in [0, 0.1) is 17.0 Å². The number of hydrogen-bond donors (Lipinski definition) is 1. The zero-order valence-corrected chi connectivity index (χ0v) is 13.2. The molecule has 0 radical (unpaired) electrons. The Balaban J connectivity index is 2.09. The van der Waals surface area contributed by atoms with Crippen LogP contribution in [0.3, 0.4) is 0 Å². The topological polar surface area (TPSA) is 75.5 Å². The number of nitro benzene ring substituents is 1. The first-order valence-electron chi connectivity index (χ1n) is 7.36. The molecular formula is C17H19N3O3. The summed E-state index contributed by atoms with van der Waals surface area (Å²) in [5.41, 5.74) is 2.29. The number of nitrogens with one attached hydrogen (secondary N) is 1. The summed E-state index contributed by atoms with van der Waals surface area (Å²) < 4.78 is 0. The summed E-state index contributed by atoms with van der Waals surface area (Å²) >= 11 is 0. The van der Waals surface area contributed by atoms with Crippen LogP contribution in [0.5, 0.6) is 0 Å². The zero-order chi connectivity index (χ0) is 16.8. The van der Waals surface area contributed by atoms with Crippen molar-refractivity contribution in [3.63, 3.8) is 0 Å². The highest BCUT2D eigenvalue weighted by Gasteiger charge is 2.15. The summed E-state index contributed by atoms with van der Waals surface area (Å²) in [5, 5.41) is 13.6. The molecule has 2 amide bonds. The number of non-ortho nitro benzene ring substituents is 1. The van der Waals surface area contributed by atoms with Crippen LogP contribution in [0.1, 0.15) is 18.1 Å². The average Bonchev–Trinajstić information content (AvgIpc) is 2.55. The molecule has 0 saturated carbocycles. The Morgan fingerprint density at radius 2 is 1.91 bits per heavy atom. The first kappa shape index (κ1) is 16.5. The highest BCUT2D eigenvalue weighted by atomic mass is 16.6. The third kappa shape index (κ3) is 4.29.